The van der Waals surface area contributed by atoms with Crippen molar-refractivity contribution in [1.82, 2.24) is 10.2 Å². The van der Waals surface area contributed by atoms with Crippen LogP contribution in [0.2, 0.25) is 0 Å². The molecule has 116 valence electrons. The summed E-state index contributed by atoms with van der Waals surface area (Å²) < 4.78 is 11.3. The molecule has 1 aromatic heterocycles. The van der Waals surface area contributed by atoms with Crippen molar-refractivity contribution in [2.75, 3.05) is 26.2 Å². The van der Waals surface area contributed by atoms with Crippen molar-refractivity contribution in [1.29, 1.82) is 0 Å². The van der Waals surface area contributed by atoms with Crippen molar-refractivity contribution in [2.24, 2.45) is 0 Å². The average Bonchev–Trinajstić information content (AvgIpc) is 2.83. The molecule has 0 saturated carbocycles. The van der Waals surface area contributed by atoms with Crippen LogP contribution in [-0.2, 0) is 17.9 Å². The van der Waals surface area contributed by atoms with E-state index in [9.17, 15) is 0 Å². The third-order valence-corrected chi connectivity index (χ3v) is 3.32. The predicted octanol–water partition coefficient (Wildman–Crippen LogP) is 3.03. The van der Waals surface area contributed by atoms with E-state index in [4.69, 9.17) is 9.15 Å². The molecule has 0 saturated heterocycles. The Bertz CT molecular complexity index is 365. The summed E-state index contributed by atoms with van der Waals surface area (Å²) in [5, 5.41) is 3.43. The Morgan fingerprint density at radius 1 is 1.25 bits per heavy atom. The summed E-state index contributed by atoms with van der Waals surface area (Å²) in [6, 6.07) is 2.00. The van der Waals surface area contributed by atoms with Crippen molar-refractivity contribution in [3.8, 4) is 0 Å². The van der Waals surface area contributed by atoms with E-state index in [1.165, 1.54) is 0 Å². The van der Waals surface area contributed by atoms with E-state index in [1.54, 1.807) is 6.26 Å². The van der Waals surface area contributed by atoms with Gasteiger partial charge in [-0.05, 0) is 39.9 Å². The summed E-state index contributed by atoms with van der Waals surface area (Å²) in [6.45, 7) is 16.1. The molecule has 4 nitrogen and oxygen atoms in total. The highest BCUT2D eigenvalue weighted by molar-refractivity contribution is 5.16. The van der Waals surface area contributed by atoms with Gasteiger partial charge in [-0.2, -0.15) is 0 Å². The van der Waals surface area contributed by atoms with Gasteiger partial charge in [0.15, 0.2) is 0 Å². The molecule has 0 aliphatic rings. The highest BCUT2D eigenvalue weighted by Gasteiger charge is 2.12. The summed E-state index contributed by atoms with van der Waals surface area (Å²) in [6.07, 6.45) is 1.74. The van der Waals surface area contributed by atoms with E-state index >= 15 is 0 Å². The Kier molecular flexibility index (Phi) is 7.27. The number of rotatable bonds is 9. The Balaban J connectivity index is 2.32. The van der Waals surface area contributed by atoms with Gasteiger partial charge < -0.3 is 19.4 Å². The molecule has 0 amide bonds. The first-order chi connectivity index (χ1) is 9.46. The van der Waals surface area contributed by atoms with Crippen LogP contribution in [0.15, 0.2) is 16.7 Å². The van der Waals surface area contributed by atoms with Gasteiger partial charge in [-0.15, -0.1) is 0 Å². The molecule has 0 aromatic carbocycles. The van der Waals surface area contributed by atoms with Crippen molar-refractivity contribution in [2.45, 2.75) is 53.3 Å². The zero-order valence-corrected chi connectivity index (χ0v) is 13.7. The largest absolute Gasteiger partial charge is 0.468 e. The van der Waals surface area contributed by atoms with Gasteiger partial charge >= 0.3 is 0 Å². The van der Waals surface area contributed by atoms with Crippen LogP contribution in [0.5, 0.6) is 0 Å². The standard InChI is InChI=1S/C16H30N2O2/c1-6-18(7-2)9-11-19-13-14-8-10-20-15(14)12-17-16(3,4)5/h8,10,17H,6-7,9,11-13H2,1-5H3. The second-order valence-corrected chi connectivity index (χ2v) is 6.05. The summed E-state index contributed by atoms with van der Waals surface area (Å²) in [5.74, 6) is 0.975. The number of furan rings is 1. The van der Waals surface area contributed by atoms with Crippen LogP contribution in [0, 0.1) is 0 Å². The van der Waals surface area contributed by atoms with E-state index in [2.05, 4.69) is 44.8 Å². The molecular formula is C16H30N2O2. The van der Waals surface area contributed by atoms with E-state index in [1.807, 2.05) is 6.07 Å². The molecule has 0 spiro atoms. The minimum Gasteiger partial charge on any atom is -0.468 e. The first-order valence-electron chi connectivity index (χ1n) is 7.56. The van der Waals surface area contributed by atoms with Gasteiger partial charge in [0.25, 0.3) is 0 Å². The smallest absolute Gasteiger partial charge is 0.123 e. The monoisotopic (exact) mass is 282 g/mol. The molecular weight excluding hydrogens is 252 g/mol. The highest BCUT2D eigenvalue weighted by Crippen LogP contribution is 2.13. The van der Waals surface area contributed by atoms with Gasteiger partial charge in [0.2, 0.25) is 0 Å². The van der Waals surface area contributed by atoms with Crippen LogP contribution in [0.4, 0.5) is 0 Å². The summed E-state index contributed by atoms with van der Waals surface area (Å²) in [4.78, 5) is 2.36. The normalized spacial score (nSPS) is 12.3. The zero-order chi connectivity index (χ0) is 15.0. The lowest BCUT2D eigenvalue weighted by atomic mass is 10.1. The molecule has 1 N–H and O–H groups in total. The second-order valence-electron chi connectivity index (χ2n) is 6.05. The average molecular weight is 282 g/mol. The lowest BCUT2D eigenvalue weighted by molar-refractivity contribution is 0.0945. The second kappa shape index (κ2) is 8.45. The fraction of sp³-hybridized carbons (Fsp3) is 0.750. The number of nitrogens with zero attached hydrogens (tertiary/aromatic N) is 1. The Hall–Kier alpha value is -0.840. The Morgan fingerprint density at radius 3 is 2.55 bits per heavy atom. The number of ether oxygens (including phenoxy) is 1. The molecule has 20 heavy (non-hydrogen) atoms. The lowest BCUT2D eigenvalue weighted by Crippen LogP contribution is -2.35. The van der Waals surface area contributed by atoms with Crippen LogP contribution in [-0.4, -0.2) is 36.7 Å². The van der Waals surface area contributed by atoms with E-state index in [-0.39, 0.29) is 5.54 Å². The maximum atomic E-state index is 5.76. The Morgan fingerprint density at radius 2 is 1.95 bits per heavy atom. The molecule has 0 fully saturated rings. The molecule has 0 radical (unpaired) electrons. The number of likely N-dealkylation sites (N-methyl/N-ethyl adjacent to an activating group) is 1. The van der Waals surface area contributed by atoms with E-state index < -0.39 is 0 Å². The molecule has 0 aliphatic carbocycles. The van der Waals surface area contributed by atoms with Gasteiger partial charge in [0.05, 0.1) is 26.0 Å². The fourth-order valence-corrected chi connectivity index (χ4v) is 1.91. The molecule has 0 aliphatic heterocycles. The van der Waals surface area contributed by atoms with Crippen LogP contribution in [0.1, 0.15) is 45.9 Å². The van der Waals surface area contributed by atoms with Crippen LogP contribution < -0.4 is 5.32 Å². The molecule has 0 atom stereocenters. The van der Waals surface area contributed by atoms with Crippen LogP contribution >= 0.6 is 0 Å². The topological polar surface area (TPSA) is 37.6 Å². The number of nitrogens with one attached hydrogen (secondary N) is 1. The summed E-state index contributed by atoms with van der Waals surface area (Å²) in [7, 11) is 0. The van der Waals surface area contributed by atoms with Gasteiger partial charge in [0.1, 0.15) is 5.76 Å². The molecule has 1 aromatic rings. The van der Waals surface area contributed by atoms with Gasteiger partial charge in [0, 0.05) is 17.6 Å². The molecule has 4 heteroatoms. The van der Waals surface area contributed by atoms with Crippen LogP contribution in [0.25, 0.3) is 0 Å². The minimum atomic E-state index is 0.0909. The van der Waals surface area contributed by atoms with Gasteiger partial charge in [-0.1, -0.05) is 13.8 Å². The first-order valence-corrected chi connectivity index (χ1v) is 7.56. The van der Waals surface area contributed by atoms with E-state index in [0.29, 0.717) is 6.61 Å². The summed E-state index contributed by atoms with van der Waals surface area (Å²) in [5.41, 5.74) is 1.23. The number of hydrogen-bond acceptors (Lipinski definition) is 4. The molecule has 0 unspecified atom stereocenters. The summed E-state index contributed by atoms with van der Waals surface area (Å²) >= 11 is 0. The van der Waals surface area contributed by atoms with E-state index in [0.717, 1.165) is 44.1 Å². The molecule has 1 rings (SSSR count). The van der Waals surface area contributed by atoms with Crippen molar-refractivity contribution >= 4 is 0 Å². The third kappa shape index (κ3) is 6.55. The first kappa shape index (κ1) is 17.2. The third-order valence-electron chi connectivity index (χ3n) is 3.32. The highest BCUT2D eigenvalue weighted by atomic mass is 16.5. The minimum absolute atomic E-state index is 0.0909. The van der Waals surface area contributed by atoms with Crippen molar-refractivity contribution in [3.63, 3.8) is 0 Å². The Labute approximate surface area is 123 Å². The SMILES string of the molecule is CCN(CC)CCOCc1ccoc1CNC(C)(C)C. The quantitative estimate of drug-likeness (QED) is 0.707. The predicted molar refractivity (Wildman–Crippen MR) is 82.7 cm³/mol. The van der Waals surface area contributed by atoms with Crippen molar-refractivity contribution in [3.05, 3.63) is 23.7 Å². The zero-order valence-electron chi connectivity index (χ0n) is 13.7. The van der Waals surface area contributed by atoms with Crippen LogP contribution in [0.3, 0.4) is 0 Å². The maximum absolute atomic E-state index is 5.76. The molecule has 1 heterocycles. The van der Waals surface area contributed by atoms with Gasteiger partial charge in [-0.3, -0.25) is 0 Å². The maximum Gasteiger partial charge on any atom is 0.123 e. The molecule has 0 bridgehead atoms. The lowest BCUT2D eigenvalue weighted by Gasteiger charge is -2.20. The van der Waals surface area contributed by atoms with Crippen molar-refractivity contribution < 1.29 is 9.15 Å². The fourth-order valence-electron chi connectivity index (χ4n) is 1.91. The number of hydrogen-bond donors (Lipinski definition) is 1. The van der Waals surface area contributed by atoms with Gasteiger partial charge in [-0.25, -0.2) is 0 Å².